The lowest BCUT2D eigenvalue weighted by atomic mass is 10.2. The number of nitrogens with zero attached hydrogens (tertiary/aromatic N) is 1. The summed E-state index contributed by atoms with van der Waals surface area (Å²) >= 11 is 0. The van der Waals surface area contributed by atoms with Crippen LogP contribution in [-0.4, -0.2) is 68.6 Å². The first-order valence-corrected chi connectivity index (χ1v) is 7.56. The van der Waals surface area contributed by atoms with E-state index in [2.05, 4.69) is 5.32 Å². The number of ether oxygens (including phenoxy) is 1. The molecular weight excluding hydrogens is 244 g/mol. The molecule has 2 rings (SSSR count). The molecule has 0 aliphatic carbocycles. The zero-order valence-electron chi connectivity index (χ0n) is 9.84. The number of sulfonamides is 1. The van der Waals surface area contributed by atoms with E-state index in [1.54, 1.807) is 0 Å². The molecule has 6 nitrogen and oxygen atoms in total. The topological polar surface area (TPSA) is 78.9 Å². The molecule has 0 bridgehead atoms. The molecule has 2 heterocycles. The predicted molar refractivity (Wildman–Crippen MR) is 63.2 cm³/mol. The summed E-state index contributed by atoms with van der Waals surface area (Å²) in [5.74, 6) is 0. The Morgan fingerprint density at radius 1 is 1.47 bits per heavy atom. The Bertz CT molecular complexity index is 340. The van der Waals surface area contributed by atoms with Crippen LogP contribution in [0.15, 0.2) is 0 Å². The van der Waals surface area contributed by atoms with E-state index >= 15 is 0 Å². The number of rotatable bonds is 3. The highest BCUT2D eigenvalue weighted by Crippen LogP contribution is 2.20. The van der Waals surface area contributed by atoms with Gasteiger partial charge in [0.25, 0.3) is 0 Å². The minimum atomic E-state index is -3.32. The number of aliphatic hydroxyl groups excluding tert-OH is 1. The van der Waals surface area contributed by atoms with Crippen LogP contribution in [0.2, 0.25) is 0 Å². The van der Waals surface area contributed by atoms with Crippen molar-refractivity contribution in [2.45, 2.75) is 24.1 Å². The van der Waals surface area contributed by atoms with Gasteiger partial charge < -0.3 is 15.2 Å². The first-order valence-electron chi connectivity index (χ1n) is 6.06. The molecule has 2 fully saturated rings. The first-order chi connectivity index (χ1) is 8.16. The summed E-state index contributed by atoms with van der Waals surface area (Å²) in [4.78, 5) is 0. The molecule has 0 aromatic carbocycles. The lowest BCUT2D eigenvalue weighted by molar-refractivity contribution is 0.0104. The van der Waals surface area contributed by atoms with Gasteiger partial charge in [0.15, 0.2) is 0 Å². The van der Waals surface area contributed by atoms with Crippen LogP contribution in [-0.2, 0) is 14.8 Å². The van der Waals surface area contributed by atoms with Crippen LogP contribution in [0, 0.1) is 0 Å². The predicted octanol–water partition coefficient (Wildman–Crippen LogP) is -1.24. The number of hydrogen-bond donors (Lipinski definition) is 2. The van der Waals surface area contributed by atoms with Gasteiger partial charge in [0.1, 0.15) is 0 Å². The van der Waals surface area contributed by atoms with Gasteiger partial charge in [-0.3, -0.25) is 0 Å². The van der Waals surface area contributed by atoms with Gasteiger partial charge in [-0.2, -0.15) is 4.31 Å². The average molecular weight is 264 g/mol. The summed E-state index contributed by atoms with van der Waals surface area (Å²) in [5.41, 5.74) is 0. The lowest BCUT2D eigenvalue weighted by Gasteiger charge is -2.37. The molecule has 0 amide bonds. The van der Waals surface area contributed by atoms with E-state index in [9.17, 15) is 13.5 Å². The number of aliphatic hydroxyl groups is 1. The molecule has 2 unspecified atom stereocenters. The summed E-state index contributed by atoms with van der Waals surface area (Å²) in [7, 11) is -3.32. The largest absolute Gasteiger partial charge is 0.395 e. The molecule has 0 saturated carbocycles. The minimum Gasteiger partial charge on any atom is -0.395 e. The van der Waals surface area contributed by atoms with Gasteiger partial charge >= 0.3 is 0 Å². The monoisotopic (exact) mass is 264 g/mol. The van der Waals surface area contributed by atoms with Crippen molar-refractivity contribution in [3.63, 3.8) is 0 Å². The fourth-order valence-corrected chi connectivity index (χ4v) is 4.43. The third-order valence-electron chi connectivity index (χ3n) is 3.38. The Morgan fingerprint density at radius 3 is 2.94 bits per heavy atom. The maximum absolute atomic E-state index is 12.4. The van der Waals surface area contributed by atoms with E-state index in [0.717, 1.165) is 13.0 Å². The number of piperidine rings is 1. The van der Waals surface area contributed by atoms with Crippen molar-refractivity contribution in [1.82, 2.24) is 9.62 Å². The van der Waals surface area contributed by atoms with Crippen molar-refractivity contribution in [3.8, 4) is 0 Å². The Kier molecular flexibility index (Phi) is 4.37. The Labute approximate surface area is 102 Å². The van der Waals surface area contributed by atoms with Crippen LogP contribution in [0.5, 0.6) is 0 Å². The Balaban J connectivity index is 2.11. The first kappa shape index (κ1) is 13.2. The maximum Gasteiger partial charge on any atom is 0.218 e. The van der Waals surface area contributed by atoms with Crippen molar-refractivity contribution in [2.75, 3.05) is 39.5 Å². The standard InChI is InChI=1S/C10H20N2O4S/c13-7-9-8-16-5-4-12(9)17(14,15)10-2-1-3-11-6-10/h9-11,13H,1-8H2. The number of nitrogens with one attached hydrogen (secondary N) is 1. The molecule has 0 radical (unpaired) electrons. The van der Waals surface area contributed by atoms with Crippen molar-refractivity contribution in [1.29, 1.82) is 0 Å². The van der Waals surface area contributed by atoms with Crippen LogP contribution in [0.1, 0.15) is 12.8 Å². The van der Waals surface area contributed by atoms with E-state index in [0.29, 0.717) is 26.1 Å². The third kappa shape index (κ3) is 2.79. The van der Waals surface area contributed by atoms with Gasteiger partial charge in [0.2, 0.25) is 10.0 Å². The highest BCUT2D eigenvalue weighted by Gasteiger charge is 2.38. The van der Waals surface area contributed by atoms with E-state index in [-0.39, 0.29) is 18.5 Å². The van der Waals surface area contributed by atoms with Gasteiger partial charge in [-0.1, -0.05) is 0 Å². The summed E-state index contributed by atoms with van der Waals surface area (Å²) in [5, 5.41) is 12.0. The molecule has 0 aromatic rings. The molecule has 2 aliphatic heterocycles. The normalized spacial score (nSPS) is 32.5. The van der Waals surface area contributed by atoms with Gasteiger partial charge in [0, 0.05) is 13.1 Å². The van der Waals surface area contributed by atoms with Crippen LogP contribution < -0.4 is 5.32 Å². The average Bonchev–Trinajstić information content (AvgIpc) is 2.39. The van der Waals surface area contributed by atoms with E-state index in [1.165, 1.54) is 4.31 Å². The van der Waals surface area contributed by atoms with Gasteiger partial charge in [0.05, 0.1) is 31.1 Å². The molecule has 2 aliphatic rings. The molecule has 2 atom stereocenters. The minimum absolute atomic E-state index is 0.181. The molecule has 7 heteroatoms. The second-order valence-electron chi connectivity index (χ2n) is 4.54. The fourth-order valence-electron chi connectivity index (χ4n) is 2.38. The van der Waals surface area contributed by atoms with E-state index in [4.69, 9.17) is 4.74 Å². The highest BCUT2D eigenvalue weighted by atomic mass is 32.2. The zero-order chi connectivity index (χ0) is 12.3. The third-order valence-corrected chi connectivity index (χ3v) is 5.76. The second kappa shape index (κ2) is 5.62. The molecule has 0 spiro atoms. The van der Waals surface area contributed by atoms with Crippen LogP contribution >= 0.6 is 0 Å². The summed E-state index contributed by atoms with van der Waals surface area (Å²) in [6, 6.07) is -0.421. The Hall–Kier alpha value is -0.210. The zero-order valence-corrected chi connectivity index (χ0v) is 10.7. The quantitative estimate of drug-likeness (QED) is 0.667. The SMILES string of the molecule is O=S(=O)(C1CCCNC1)N1CCOCC1CO. The van der Waals surface area contributed by atoms with Crippen LogP contribution in [0.25, 0.3) is 0 Å². The van der Waals surface area contributed by atoms with Crippen molar-refractivity contribution < 1.29 is 18.3 Å². The number of morpholine rings is 1. The van der Waals surface area contributed by atoms with Crippen LogP contribution in [0.3, 0.4) is 0 Å². The van der Waals surface area contributed by atoms with E-state index in [1.807, 2.05) is 0 Å². The molecule has 2 saturated heterocycles. The summed E-state index contributed by atoms with van der Waals surface area (Å²) in [6.45, 7) is 2.27. The second-order valence-corrected chi connectivity index (χ2v) is 6.70. The van der Waals surface area contributed by atoms with Gasteiger partial charge in [-0.25, -0.2) is 8.42 Å². The molecule has 17 heavy (non-hydrogen) atoms. The molecule has 100 valence electrons. The smallest absolute Gasteiger partial charge is 0.218 e. The van der Waals surface area contributed by atoms with Gasteiger partial charge in [-0.05, 0) is 19.4 Å². The van der Waals surface area contributed by atoms with Crippen molar-refractivity contribution >= 4 is 10.0 Å². The molecular formula is C10H20N2O4S. The molecule has 2 N–H and O–H groups in total. The highest BCUT2D eigenvalue weighted by molar-refractivity contribution is 7.89. The maximum atomic E-state index is 12.4. The lowest BCUT2D eigenvalue weighted by Crippen LogP contribution is -2.55. The van der Waals surface area contributed by atoms with Crippen LogP contribution in [0.4, 0.5) is 0 Å². The van der Waals surface area contributed by atoms with Gasteiger partial charge in [-0.15, -0.1) is 0 Å². The summed E-state index contributed by atoms with van der Waals surface area (Å²) < 4.78 is 31.5. The summed E-state index contributed by atoms with van der Waals surface area (Å²) in [6.07, 6.45) is 1.59. The number of hydrogen-bond acceptors (Lipinski definition) is 5. The fraction of sp³-hybridized carbons (Fsp3) is 1.00. The molecule has 0 aromatic heterocycles. The van der Waals surface area contributed by atoms with Crippen molar-refractivity contribution in [3.05, 3.63) is 0 Å². The van der Waals surface area contributed by atoms with E-state index < -0.39 is 16.1 Å². The van der Waals surface area contributed by atoms with Crippen molar-refractivity contribution in [2.24, 2.45) is 0 Å². The Morgan fingerprint density at radius 2 is 2.29 bits per heavy atom.